The molecule has 121 valence electrons. The SMILES string of the molecule is CCCCCCc1ccc(C(=O)OO[C]2CCCCC2)cc1. The maximum absolute atomic E-state index is 11.9. The molecule has 0 heterocycles. The van der Waals surface area contributed by atoms with Crippen molar-refractivity contribution in [3.8, 4) is 0 Å². The largest absolute Gasteiger partial charge is 0.373 e. The van der Waals surface area contributed by atoms with Crippen molar-refractivity contribution in [2.75, 3.05) is 0 Å². The molecule has 1 fully saturated rings. The van der Waals surface area contributed by atoms with E-state index in [0.717, 1.165) is 38.2 Å². The van der Waals surface area contributed by atoms with Gasteiger partial charge in [0.25, 0.3) is 0 Å². The number of hydrogen-bond acceptors (Lipinski definition) is 3. The van der Waals surface area contributed by atoms with E-state index in [1.807, 2.05) is 24.3 Å². The highest BCUT2D eigenvalue weighted by molar-refractivity contribution is 5.88. The summed E-state index contributed by atoms with van der Waals surface area (Å²) in [5.74, 6) is -0.407. The Kier molecular flexibility index (Phi) is 7.44. The summed E-state index contributed by atoms with van der Waals surface area (Å²) in [7, 11) is 0. The molecule has 1 saturated carbocycles. The zero-order chi connectivity index (χ0) is 15.6. The van der Waals surface area contributed by atoms with Gasteiger partial charge >= 0.3 is 5.97 Å². The van der Waals surface area contributed by atoms with E-state index in [9.17, 15) is 4.79 Å². The summed E-state index contributed by atoms with van der Waals surface area (Å²) in [6.07, 6.45) is 12.3. The molecule has 0 unspecified atom stereocenters. The predicted octanol–water partition coefficient (Wildman–Crippen LogP) is 5.39. The summed E-state index contributed by atoms with van der Waals surface area (Å²) in [5.41, 5.74) is 1.82. The van der Waals surface area contributed by atoms with Crippen LogP contribution in [0.5, 0.6) is 0 Å². The number of rotatable bonds is 8. The highest BCUT2D eigenvalue weighted by Gasteiger charge is 2.18. The summed E-state index contributed by atoms with van der Waals surface area (Å²) in [6.45, 7) is 2.22. The molecule has 3 heteroatoms. The first-order chi connectivity index (χ1) is 10.8. The maximum Gasteiger partial charge on any atom is 0.373 e. The molecule has 1 aliphatic carbocycles. The van der Waals surface area contributed by atoms with Crippen molar-refractivity contribution in [1.82, 2.24) is 0 Å². The topological polar surface area (TPSA) is 35.5 Å². The highest BCUT2D eigenvalue weighted by Crippen LogP contribution is 2.26. The van der Waals surface area contributed by atoms with Crippen molar-refractivity contribution in [2.24, 2.45) is 0 Å². The minimum atomic E-state index is -0.407. The average molecular weight is 303 g/mol. The van der Waals surface area contributed by atoms with Gasteiger partial charge in [-0.3, -0.25) is 4.89 Å². The molecule has 22 heavy (non-hydrogen) atoms. The van der Waals surface area contributed by atoms with E-state index in [2.05, 4.69) is 6.92 Å². The summed E-state index contributed by atoms with van der Waals surface area (Å²) >= 11 is 0. The summed E-state index contributed by atoms with van der Waals surface area (Å²) in [4.78, 5) is 22.1. The third-order valence-electron chi connectivity index (χ3n) is 4.16. The van der Waals surface area contributed by atoms with E-state index < -0.39 is 5.97 Å². The molecule has 1 radical (unpaired) electrons. The first-order valence-electron chi connectivity index (χ1n) is 8.62. The van der Waals surface area contributed by atoms with Gasteiger partial charge in [-0.1, -0.05) is 57.6 Å². The lowest BCUT2D eigenvalue weighted by Gasteiger charge is -2.18. The molecule has 1 aliphatic rings. The second-order valence-corrected chi connectivity index (χ2v) is 6.06. The Bertz CT molecular complexity index is 432. The van der Waals surface area contributed by atoms with Crippen molar-refractivity contribution in [3.63, 3.8) is 0 Å². The number of carbonyl (C=O) groups excluding carboxylic acids is 1. The Morgan fingerprint density at radius 1 is 1.00 bits per heavy atom. The van der Waals surface area contributed by atoms with E-state index in [0.29, 0.717) is 5.56 Å². The first kappa shape index (κ1) is 17.0. The average Bonchev–Trinajstić information content (AvgIpc) is 2.58. The lowest BCUT2D eigenvalue weighted by molar-refractivity contribution is -0.239. The minimum absolute atomic E-state index is 0.407. The van der Waals surface area contributed by atoms with Crippen molar-refractivity contribution in [1.29, 1.82) is 0 Å². The van der Waals surface area contributed by atoms with Crippen molar-refractivity contribution in [3.05, 3.63) is 41.5 Å². The van der Waals surface area contributed by atoms with Crippen LogP contribution < -0.4 is 0 Å². The van der Waals surface area contributed by atoms with E-state index in [1.54, 1.807) is 0 Å². The number of unbranched alkanes of at least 4 members (excludes halogenated alkanes) is 3. The molecule has 0 spiro atoms. The van der Waals surface area contributed by atoms with Gasteiger partial charge in [-0.25, -0.2) is 4.79 Å². The van der Waals surface area contributed by atoms with Crippen LogP contribution in [0.4, 0.5) is 0 Å². The fraction of sp³-hybridized carbons (Fsp3) is 0.579. The van der Waals surface area contributed by atoms with E-state index in [1.165, 1.54) is 37.7 Å². The second kappa shape index (κ2) is 9.62. The summed E-state index contributed by atoms with van der Waals surface area (Å²) in [5, 5.41) is 0. The maximum atomic E-state index is 11.9. The van der Waals surface area contributed by atoms with Crippen LogP contribution in [-0.2, 0) is 16.2 Å². The van der Waals surface area contributed by atoms with Gasteiger partial charge in [-0.2, -0.15) is 4.89 Å². The smallest absolute Gasteiger partial charge is 0.292 e. The summed E-state index contributed by atoms with van der Waals surface area (Å²) in [6, 6.07) is 7.67. The summed E-state index contributed by atoms with van der Waals surface area (Å²) < 4.78 is 0. The van der Waals surface area contributed by atoms with Gasteiger partial charge in [0.15, 0.2) is 0 Å². The monoisotopic (exact) mass is 303 g/mol. The number of hydrogen-bond donors (Lipinski definition) is 0. The van der Waals surface area contributed by atoms with Crippen molar-refractivity contribution < 1.29 is 14.6 Å². The van der Waals surface area contributed by atoms with Crippen LogP contribution in [-0.4, -0.2) is 5.97 Å². The molecule has 0 aliphatic heterocycles. The number of carbonyl (C=O) groups is 1. The fourth-order valence-corrected chi connectivity index (χ4v) is 2.74. The minimum Gasteiger partial charge on any atom is -0.292 e. The van der Waals surface area contributed by atoms with Crippen molar-refractivity contribution in [2.45, 2.75) is 71.1 Å². The Morgan fingerprint density at radius 2 is 1.73 bits per heavy atom. The van der Waals surface area contributed by atoms with Gasteiger partial charge < -0.3 is 0 Å². The van der Waals surface area contributed by atoms with Gasteiger partial charge in [0, 0.05) is 0 Å². The van der Waals surface area contributed by atoms with Gasteiger partial charge in [-0.15, -0.1) is 0 Å². The molecular weight excluding hydrogens is 276 g/mol. The Labute approximate surface area is 133 Å². The van der Waals surface area contributed by atoms with Crippen LogP contribution in [0.1, 0.15) is 80.6 Å². The van der Waals surface area contributed by atoms with Gasteiger partial charge in [0.1, 0.15) is 6.10 Å². The van der Waals surface area contributed by atoms with E-state index in [4.69, 9.17) is 9.78 Å². The fourth-order valence-electron chi connectivity index (χ4n) is 2.74. The third-order valence-corrected chi connectivity index (χ3v) is 4.16. The van der Waals surface area contributed by atoms with Crippen LogP contribution in [0.3, 0.4) is 0 Å². The van der Waals surface area contributed by atoms with Crippen molar-refractivity contribution >= 4 is 5.97 Å². The number of aryl methyl sites for hydroxylation is 1. The Morgan fingerprint density at radius 3 is 2.41 bits per heavy atom. The van der Waals surface area contributed by atoms with Gasteiger partial charge in [-0.05, 0) is 43.4 Å². The van der Waals surface area contributed by atoms with Crippen LogP contribution in [0.25, 0.3) is 0 Å². The van der Waals surface area contributed by atoms with Gasteiger partial charge in [0.05, 0.1) is 5.56 Å². The molecule has 1 aromatic carbocycles. The molecule has 0 bridgehead atoms. The second-order valence-electron chi connectivity index (χ2n) is 6.06. The predicted molar refractivity (Wildman–Crippen MR) is 87.1 cm³/mol. The zero-order valence-electron chi connectivity index (χ0n) is 13.6. The molecule has 0 aromatic heterocycles. The van der Waals surface area contributed by atoms with Crippen LogP contribution >= 0.6 is 0 Å². The molecule has 0 amide bonds. The highest BCUT2D eigenvalue weighted by atomic mass is 17.2. The lowest BCUT2D eigenvalue weighted by Crippen LogP contribution is -2.13. The lowest BCUT2D eigenvalue weighted by atomic mass is 9.98. The molecule has 0 N–H and O–H groups in total. The molecule has 2 rings (SSSR count). The van der Waals surface area contributed by atoms with Crippen LogP contribution in [0, 0.1) is 6.10 Å². The molecule has 1 aromatic rings. The standard InChI is InChI=1S/C19H27O3/c1-2-3-4-6-9-16-12-14-17(15-13-16)19(20)22-21-18-10-7-5-8-11-18/h12-15H,2-11H2,1H3. The Balaban J connectivity index is 1.73. The zero-order valence-corrected chi connectivity index (χ0v) is 13.6. The van der Waals surface area contributed by atoms with E-state index in [-0.39, 0.29) is 0 Å². The molecule has 3 nitrogen and oxygen atoms in total. The molecule has 0 atom stereocenters. The quantitative estimate of drug-likeness (QED) is 0.367. The first-order valence-corrected chi connectivity index (χ1v) is 8.62. The normalized spacial score (nSPS) is 15.7. The van der Waals surface area contributed by atoms with Crippen LogP contribution in [0.2, 0.25) is 0 Å². The van der Waals surface area contributed by atoms with E-state index >= 15 is 0 Å². The number of benzene rings is 1. The third kappa shape index (κ3) is 5.80. The van der Waals surface area contributed by atoms with Crippen LogP contribution in [0.15, 0.2) is 24.3 Å². The van der Waals surface area contributed by atoms with Gasteiger partial charge in [0.2, 0.25) is 0 Å². The Hall–Kier alpha value is -1.35. The molecular formula is C19H27O3. The molecule has 0 saturated heterocycles.